The first-order chi connectivity index (χ1) is 12.6. The monoisotopic (exact) mass is 426 g/mol. The van der Waals surface area contributed by atoms with Crippen LogP contribution in [-0.4, -0.2) is 41.8 Å². The molecule has 2 rings (SSSR count). The lowest BCUT2D eigenvalue weighted by Gasteiger charge is -2.34. The van der Waals surface area contributed by atoms with Gasteiger partial charge in [-0.1, -0.05) is 26.2 Å². The quantitative estimate of drug-likeness (QED) is 0.352. The molecule has 3 N–H and O–H groups in total. The number of carbonyl (C=O) groups excluding carboxylic acids is 1. The van der Waals surface area contributed by atoms with Crippen molar-refractivity contribution in [1.29, 1.82) is 0 Å². The molecule has 0 atom stereocenters. The van der Waals surface area contributed by atoms with Crippen LogP contribution in [-0.2, 0) is 11.3 Å². The lowest BCUT2D eigenvalue weighted by atomic mass is 9.93. The van der Waals surface area contributed by atoms with E-state index in [1.807, 2.05) is 6.07 Å². The molecule has 0 bridgehead atoms. The van der Waals surface area contributed by atoms with Crippen LogP contribution in [0, 0.1) is 0 Å². The average Bonchev–Trinajstić information content (AvgIpc) is 2.66. The number of carbonyl (C=O) groups is 1. The number of anilines is 1. The summed E-state index contributed by atoms with van der Waals surface area (Å²) < 4.78 is 6.04. The number of benzene rings is 1. The van der Waals surface area contributed by atoms with E-state index >= 15 is 0 Å². The third-order valence-corrected chi connectivity index (χ3v) is 5.76. The van der Waals surface area contributed by atoms with Crippen LogP contribution in [0.1, 0.15) is 67.8 Å². The zero-order valence-corrected chi connectivity index (χ0v) is 17.3. The van der Waals surface area contributed by atoms with Crippen molar-refractivity contribution in [3.8, 4) is 0 Å². The standard InChI is InChI=1S/C20H31BrN2O3/c1-2-23(17-8-4-3-5-9-17)14-16-12-15(13-18(21)19(16)22)20(25)26-11-7-6-10-24/h12-13,17,24H,2-11,14,22H2,1H3. The Morgan fingerprint density at radius 3 is 2.69 bits per heavy atom. The van der Waals surface area contributed by atoms with Crippen molar-refractivity contribution >= 4 is 27.6 Å². The molecule has 1 aliphatic rings. The maximum Gasteiger partial charge on any atom is 0.338 e. The molecular weight excluding hydrogens is 396 g/mol. The number of aliphatic hydroxyl groups is 1. The van der Waals surface area contributed by atoms with Gasteiger partial charge in [0, 0.05) is 23.7 Å². The summed E-state index contributed by atoms with van der Waals surface area (Å²) in [5, 5.41) is 8.80. The fourth-order valence-electron chi connectivity index (χ4n) is 3.55. The first-order valence-corrected chi connectivity index (χ1v) is 10.5. The van der Waals surface area contributed by atoms with Crippen LogP contribution in [0.25, 0.3) is 0 Å². The average molecular weight is 427 g/mol. The van der Waals surface area contributed by atoms with Crippen LogP contribution in [0.5, 0.6) is 0 Å². The van der Waals surface area contributed by atoms with Crippen LogP contribution < -0.4 is 5.73 Å². The number of ether oxygens (including phenoxy) is 1. The van der Waals surface area contributed by atoms with Gasteiger partial charge in [-0.15, -0.1) is 0 Å². The first-order valence-electron chi connectivity index (χ1n) is 9.66. The Kier molecular flexibility index (Phi) is 8.88. The number of nitrogen functional groups attached to an aromatic ring is 1. The summed E-state index contributed by atoms with van der Waals surface area (Å²) >= 11 is 3.48. The van der Waals surface area contributed by atoms with Gasteiger partial charge in [0.2, 0.25) is 0 Å². The Morgan fingerprint density at radius 2 is 2.04 bits per heavy atom. The lowest BCUT2D eigenvalue weighted by Crippen LogP contribution is -2.36. The number of rotatable bonds is 9. The Labute approximate surface area is 165 Å². The molecular formula is C20H31BrN2O3. The van der Waals surface area contributed by atoms with Crippen LogP contribution in [0.2, 0.25) is 0 Å². The van der Waals surface area contributed by atoms with Crippen molar-refractivity contribution in [1.82, 2.24) is 4.90 Å². The van der Waals surface area contributed by atoms with Gasteiger partial charge in [-0.2, -0.15) is 0 Å². The molecule has 6 heteroatoms. The van der Waals surface area contributed by atoms with Gasteiger partial charge in [0.15, 0.2) is 0 Å². The molecule has 26 heavy (non-hydrogen) atoms. The minimum absolute atomic E-state index is 0.114. The predicted molar refractivity (Wildman–Crippen MR) is 108 cm³/mol. The van der Waals surface area contributed by atoms with Crippen molar-refractivity contribution in [2.75, 3.05) is 25.5 Å². The number of hydrogen-bond donors (Lipinski definition) is 2. The molecule has 5 nitrogen and oxygen atoms in total. The second kappa shape index (κ2) is 10.9. The molecule has 1 fully saturated rings. The Balaban J connectivity index is 2.09. The van der Waals surface area contributed by atoms with Crippen molar-refractivity contribution in [2.45, 2.75) is 64.5 Å². The van der Waals surface area contributed by atoms with Crippen LogP contribution >= 0.6 is 15.9 Å². The number of nitrogens with zero attached hydrogens (tertiary/aromatic N) is 1. The minimum atomic E-state index is -0.342. The van der Waals surface area contributed by atoms with E-state index in [1.165, 1.54) is 32.1 Å². The second-order valence-electron chi connectivity index (χ2n) is 6.95. The van der Waals surface area contributed by atoms with Gasteiger partial charge in [0.05, 0.1) is 17.9 Å². The number of aliphatic hydroxyl groups excluding tert-OH is 1. The van der Waals surface area contributed by atoms with E-state index in [2.05, 4.69) is 27.8 Å². The molecule has 0 spiro atoms. The van der Waals surface area contributed by atoms with Crippen molar-refractivity contribution in [2.24, 2.45) is 0 Å². The largest absolute Gasteiger partial charge is 0.462 e. The summed E-state index contributed by atoms with van der Waals surface area (Å²) in [6.07, 6.45) is 7.69. The number of unbranched alkanes of at least 4 members (excludes halogenated alkanes) is 1. The van der Waals surface area contributed by atoms with Gasteiger partial charge in [0.1, 0.15) is 0 Å². The van der Waals surface area contributed by atoms with E-state index in [0.717, 1.165) is 23.1 Å². The van der Waals surface area contributed by atoms with E-state index in [0.29, 0.717) is 36.7 Å². The molecule has 0 radical (unpaired) electrons. The molecule has 1 aromatic rings. The third kappa shape index (κ3) is 5.96. The summed E-state index contributed by atoms with van der Waals surface area (Å²) in [6, 6.07) is 4.19. The van der Waals surface area contributed by atoms with Gasteiger partial charge >= 0.3 is 5.97 Å². The van der Waals surface area contributed by atoms with Crippen LogP contribution in [0.15, 0.2) is 16.6 Å². The highest BCUT2D eigenvalue weighted by molar-refractivity contribution is 9.10. The summed E-state index contributed by atoms with van der Waals surface area (Å²) in [5.41, 5.74) is 8.45. The molecule has 0 amide bonds. The molecule has 0 heterocycles. The highest BCUT2D eigenvalue weighted by atomic mass is 79.9. The SMILES string of the molecule is CCN(Cc1cc(C(=O)OCCCCO)cc(Br)c1N)C1CCCCC1. The summed E-state index contributed by atoms with van der Waals surface area (Å²) in [4.78, 5) is 14.8. The summed E-state index contributed by atoms with van der Waals surface area (Å²) in [6.45, 7) is 4.33. The van der Waals surface area contributed by atoms with Crippen LogP contribution in [0.3, 0.4) is 0 Å². The van der Waals surface area contributed by atoms with E-state index in [-0.39, 0.29) is 12.6 Å². The lowest BCUT2D eigenvalue weighted by molar-refractivity contribution is 0.0492. The van der Waals surface area contributed by atoms with Gasteiger partial charge < -0.3 is 15.6 Å². The van der Waals surface area contributed by atoms with E-state index in [9.17, 15) is 4.79 Å². The van der Waals surface area contributed by atoms with Crippen molar-refractivity contribution < 1.29 is 14.6 Å². The highest BCUT2D eigenvalue weighted by Gasteiger charge is 2.22. The third-order valence-electron chi connectivity index (χ3n) is 5.11. The Morgan fingerprint density at radius 1 is 1.31 bits per heavy atom. The number of esters is 1. The number of hydrogen-bond acceptors (Lipinski definition) is 5. The normalized spacial score (nSPS) is 15.4. The molecule has 0 saturated heterocycles. The fourth-order valence-corrected chi connectivity index (χ4v) is 4.05. The van der Waals surface area contributed by atoms with E-state index in [1.54, 1.807) is 6.07 Å². The zero-order valence-electron chi connectivity index (χ0n) is 15.7. The molecule has 1 aromatic carbocycles. The van der Waals surface area contributed by atoms with Gasteiger partial charge in [-0.25, -0.2) is 4.79 Å². The highest BCUT2D eigenvalue weighted by Crippen LogP contribution is 2.29. The molecule has 0 aromatic heterocycles. The van der Waals surface area contributed by atoms with Gasteiger partial charge in [0.25, 0.3) is 0 Å². The fraction of sp³-hybridized carbons (Fsp3) is 0.650. The predicted octanol–water partition coefficient (Wildman–Crippen LogP) is 4.12. The first kappa shape index (κ1) is 21.2. The second-order valence-corrected chi connectivity index (χ2v) is 7.81. The van der Waals surface area contributed by atoms with E-state index < -0.39 is 0 Å². The molecule has 1 saturated carbocycles. The van der Waals surface area contributed by atoms with Crippen molar-refractivity contribution in [3.05, 3.63) is 27.7 Å². The molecule has 146 valence electrons. The van der Waals surface area contributed by atoms with E-state index in [4.69, 9.17) is 15.6 Å². The minimum Gasteiger partial charge on any atom is -0.462 e. The zero-order chi connectivity index (χ0) is 18.9. The number of nitrogens with two attached hydrogens (primary N) is 1. The smallest absolute Gasteiger partial charge is 0.338 e. The van der Waals surface area contributed by atoms with Gasteiger partial charge in [-0.3, -0.25) is 4.90 Å². The Hall–Kier alpha value is -1.11. The maximum atomic E-state index is 12.3. The van der Waals surface area contributed by atoms with Crippen LogP contribution in [0.4, 0.5) is 5.69 Å². The summed E-state index contributed by atoms with van der Waals surface area (Å²) in [5.74, 6) is -0.342. The topological polar surface area (TPSA) is 75.8 Å². The summed E-state index contributed by atoms with van der Waals surface area (Å²) in [7, 11) is 0. The van der Waals surface area contributed by atoms with Gasteiger partial charge in [-0.05, 0) is 65.9 Å². The molecule has 0 aliphatic heterocycles. The number of halogens is 1. The molecule has 0 unspecified atom stereocenters. The molecule has 1 aliphatic carbocycles. The maximum absolute atomic E-state index is 12.3. The van der Waals surface area contributed by atoms with Crippen molar-refractivity contribution in [3.63, 3.8) is 0 Å². The Bertz CT molecular complexity index is 589.